The summed E-state index contributed by atoms with van der Waals surface area (Å²) in [5.74, 6) is 0.637. The minimum absolute atomic E-state index is 0.364. The summed E-state index contributed by atoms with van der Waals surface area (Å²) in [4.78, 5) is 1.02. The van der Waals surface area contributed by atoms with Crippen LogP contribution in [0.1, 0.15) is 13.8 Å². The Balaban J connectivity index is 2.36. The number of aliphatic hydroxyl groups is 1. The monoisotopic (exact) mass is 293 g/mol. The van der Waals surface area contributed by atoms with Gasteiger partial charge in [-0.05, 0) is 18.2 Å². The topological polar surface area (TPSA) is 32.3 Å². The summed E-state index contributed by atoms with van der Waals surface area (Å²) in [5.41, 5.74) is 0. The van der Waals surface area contributed by atoms with E-state index in [4.69, 9.17) is 23.2 Å². The normalized spacial score (nSPS) is 13.1. The Labute approximate surface area is 117 Å². The van der Waals surface area contributed by atoms with Gasteiger partial charge in [-0.2, -0.15) is 0 Å². The molecule has 0 heterocycles. The number of hydrogen-bond donors (Lipinski definition) is 2. The van der Waals surface area contributed by atoms with Crippen molar-refractivity contribution in [2.24, 2.45) is 0 Å². The number of rotatable bonds is 6. The average Bonchev–Trinajstić information content (AvgIpc) is 2.28. The third-order valence-corrected chi connectivity index (χ3v) is 3.97. The van der Waals surface area contributed by atoms with E-state index in [1.54, 1.807) is 17.8 Å². The van der Waals surface area contributed by atoms with Gasteiger partial charge in [-0.3, -0.25) is 0 Å². The molecule has 0 amide bonds. The first-order valence-corrected chi connectivity index (χ1v) is 7.22. The fourth-order valence-corrected chi connectivity index (χ4v) is 2.42. The summed E-state index contributed by atoms with van der Waals surface area (Å²) in [7, 11) is 0. The predicted molar refractivity (Wildman–Crippen MR) is 76.3 cm³/mol. The number of nitrogens with one attached hydrogen (secondary N) is 1. The van der Waals surface area contributed by atoms with Gasteiger partial charge in [0.25, 0.3) is 0 Å². The van der Waals surface area contributed by atoms with E-state index < -0.39 is 0 Å². The molecular weight excluding hydrogens is 277 g/mol. The van der Waals surface area contributed by atoms with E-state index in [-0.39, 0.29) is 6.10 Å². The van der Waals surface area contributed by atoms with Crippen LogP contribution in [0.4, 0.5) is 0 Å². The highest BCUT2D eigenvalue weighted by Crippen LogP contribution is 2.28. The third kappa shape index (κ3) is 5.98. The van der Waals surface area contributed by atoms with E-state index in [0.717, 1.165) is 4.90 Å². The third-order valence-electron chi connectivity index (χ3n) is 2.10. The zero-order valence-corrected chi connectivity index (χ0v) is 12.2. The molecule has 1 atom stereocenters. The van der Waals surface area contributed by atoms with Crippen LogP contribution in [0.5, 0.6) is 0 Å². The van der Waals surface area contributed by atoms with Gasteiger partial charge in [0.2, 0.25) is 0 Å². The van der Waals surface area contributed by atoms with Gasteiger partial charge in [-0.1, -0.05) is 37.0 Å². The van der Waals surface area contributed by atoms with Crippen LogP contribution in [0.15, 0.2) is 23.1 Å². The molecule has 1 unspecified atom stereocenters. The molecule has 0 bridgehead atoms. The Kier molecular flexibility index (Phi) is 6.67. The van der Waals surface area contributed by atoms with Crippen LogP contribution in [-0.2, 0) is 0 Å². The summed E-state index contributed by atoms with van der Waals surface area (Å²) in [6.07, 6.45) is -0.364. The molecule has 0 fully saturated rings. The highest BCUT2D eigenvalue weighted by Gasteiger charge is 2.06. The number of aliphatic hydroxyl groups excluding tert-OH is 1. The van der Waals surface area contributed by atoms with E-state index in [9.17, 15) is 5.11 Å². The summed E-state index contributed by atoms with van der Waals surface area (Å²) in [6.45, 7) is 4.71. The summed E-state index contributed by atoms with van der Waals surface area (Å²) in [6, 6.07) is 5.88. The van der Waals surface area contributed by atoms with Gasteiger partial charge in [0.1, 0.15) is 0 Å². The lowest BCUT2D eigenvalue weighted by Gasteiger charge is -2.13. The van der Waals surface area contributed by atoms with Crippen LogP contribution >= 0.6 is 35.0 Å². The number of benzene rings is 1. The van der Waals surface area contributed by atoms with E-state index >= 15 is 0 Å². The van der Waals surface area contributed by atoms with Gasteiger partial charge in [0.15, 0.2) is 0 Å². The molecule has 1 aromatic carbocycles. The largest absolute Gasteiger partial charge is 0.391 e. The van der Waals surface area contributed by atoms with Crippen molar-refractivity contribution in [3.8, 4) is 0 Å². The van der Waals surface area contributed by atoms with Gasteiger partial charge in [-0.25, -0.2) is 0 Å². The predicted octanol–water partition coefficient (Wildman–Crippen LogP) is 3.44. The van der Waals surface area contributed by atoms with Crippen LogP contribution in [0.2, 0.25) is 10.0 Å². The maximum absolute atomic E-state index is 9.74. The first kappa shape index (κ1) is 15.1. The van der Waals surface area contributed by atoms with Crippen LogP contribution in [0.25, 0.3) is 0 Å². The molecule has 0 aromatic heterocycles. The molecule has 0 radical (unpaired) electrons. The second-order valence-corrected chi connectivity index (χ2v) is 6.01. The lowest BCUT2D eigenvalue weighted by molar-refractivity contribution is 0.192. The molecule has 1 aromatic rings. The van der Waals surface area contributed by atoms with E-state index in [2.05, 4.69) is 19.2 Å². The zero-order chi connectivity index (χ0) is 12.8. The van der Waals surface area contributed by atoms with Gasteiger partial charge in [0, 0.05) is 23.2 Å². The van der Waals surface area contributed by atoms with E-state index in [0.29, 0.717) is 28.4 Å². The van der Waals surface area contributed by atoms with Crippen molar-refractivity contribution in [3.05, 3.63) is 28.2 Å². The highest BCUT2D eigenvalue weighted by molar-refractivity contribution is 7.99. The lowest BCUT2D eigenvalue weighted by atomic mass is 10.3. The van der Waals surface area contributed by atoms with Crippen molar-refractivity contribution in [3.63, 3.8) is 0 Å². The molecule has 0 saturated heterocycles. The van der Waals surface area contributed by atoms with Crippen LogP contribution in [-0.4, -0.2) is 29.5 Å². The Bertz CT molecular complexity index is 360. The molecule has 1 rings (SSSR count). The fraction of sp³-hybridized carbons (Fsp3) is 0.500. The molecular formula is C12H17Cl2NOS. The molecule has 0 saturated carbocycles. The van der Waals surface area contributed by atoms with Crippen LogP contribution < -0.4 is 5.32 Å². The minimum Gasteiger partial charge on any atom is -0.391 e. The van der Waals surface area contributed by atoms with Gasteiger partial charge in [-0.15, -0.1) is 11.8 Å². The Morgan fingerprint density at radius 1 is 1.29 bits per heavy atom. The van der Waals surface area contributed by atoms with Crippen LogP contribution in [0.3, 0.4) is 0 Å². The number of hydrogen-bond acceptors (Lipinski definition) is 3. The molecule has 0 spiro atoms. The number of halogens is 2. The first-order chi connectivity index (χ1) is 7.99. The lowest BCUT2D eigenvalue weighted by Crippen LogP contribution is -2.33. The Morgan fingerprint density at radius 3 is 2.59 bits per heavy atom. The summed E-state index contributed by atoms with van der Waals surface area (Å²) in [5, 5.41) is 14.0. The quantitative estimate of drug-likeness (QED) is 0.788. The Morgan fingerprint density at radius 2 is 2.00 bits per heavy atom. The molecule has 0 aliphatic rings. The number of thioether (sulfide) groups is 1. The fourth-order valence-electron chi connectivity index (χ4n) is 1.19. The summed E-state index contributed by atoms with van der Waals surface area (Å²) < 4.78 is 0. The van der Waals surface area contributed by atoms with E-state index in [1.165, 1.54) is 0 Å². The molecule has 0 aliphatic heterocycles. The molecule has 5 heteroatoms. The van der Waals surface area contributed by atoms with E-state index in [1.807, 2.05) is 12.1 Å². The standard InChI is InChI=1S/C12H17Cl2NOS/c1-8(2)15-6-9(16)7-17-10-3-4-11(13)12(14)5-10/h3-5,8-9,15-16H,6-7H2,1-2H3. The maximum Gasteiger partial charge on any atom is 0.0758 e. The van der Waals surface area contributed by atoms with Crippen molar-refractivity contribution in [1.82, 2.24) is 5.32 Å². The molecule has 17 heavy (non-hydrogen) atoms. The van der Waals surface area contributed by atoms with Crippen LogP contribution in [0, 0.1) is 0 Å². The molecule has 2 N–H and O–H groups in total. The first-order valence-electron chi connectivity index (χ1n) is 5.48. The van der Waals surface area contributed by atoms with Gasteiger partial charge < -0.3 is 10.4 Å². The van der Waals surface area contributed by atoms with Crippen molar-refractivity contribution in [2.75, 3.05) is 12.3 Å². The smallest absolute Gasteiger partial charge is 0.0758 e. The highest BCUT2D eigenvalue weighted by atomic mass is 35.5. The molecule has 2 nitrogen and oxygen atoms in total. The minimum atomic E-state index is -0.364. The van der Waals surface area contributed by atoms with Gasteiger partial charge in [0.05, 0.1) is 16.1 Å². The second-order valence-electron chi connectivity index (χ2n) is 4.10. The zero-order valence-electron chi connectivity index (χ0n) is 9.91. The Hall–Kier alpha value is 0.0700. The SMILES string of the molecule is CC(C)NCC(O)CSc1ccc(Cl)c(Cl)c1. The summed E-state index contributed by atoms with van der Waals surface area (Å²) >= 11 is 13.3. The maximum atomic E-state index is 9.74. The van der Waals surface area contributed by atoms with Crippen molar-refractivity contribution >= 4 is 35.0 Å². The molecule has 0 aliphatic carbocycles. The van der Waals surface area contributed by atoms with Gasteiger partial charge >= 0.3 is 0 Å². The second kappa shape index (κ2) is 7.49. The van der Waals surface area contributed by atoms with Crippen molar-refractivity contribution < 1.29 is 5.11 Å². The molecule has 96 valence electrons. The van der Waals surface area contributed by atoms with Crippen molar-refractivity contribution in [2.45, 2.75) is 30.9 Å². The average molecular weight is 294 g/mol. The van der Waals surface area contributed by atoms with Crippen molar-refractivity contribution in [1.29, 1.82) is 0 Å².